The predicted molar refractivity (Wildman–Crippen MR) is 109 cm³/mol. The lowest BCUT2D eigenvalue weighted by atomic mass is 10.1. The van der Waals surface area contributed by atoms with E-state index in [1.165, 1.54) is 6.08 Å². The van der Waals surface area contributed by atoms with Crippen LogP contribution in [-0.4, -0.2) is 27.4 Å². The monoisotopic (exact) mass is 370 g/mol. The summed E-state index contributed by atoms with van der Waals surface area (Å²) < 4.78 is 7.23. The molecule has 0 fully saturated rings. The SMILES string of the molecule is COc1ccc(-c2cn3cccnc3n2)cc1NC(=O)C=Cc1ccccc1. The number of rotatable bonds is 5. The van der Waals surface area contributed by atoms with Gasteiger partial charge in [-0.05, 0) is 35.9 Å². The molecule has 6 nitrogen and oxygen atoms in total. The standard InChI is InChI=1S/C22H18N4O2/c1-28-20-10-9-17(19-15-26-13-5-12-23-22(26)25-19)14-18(20)24-21(27)11-8-16-6-3-2-4-7-16/h2-15H,1H3,(H,24,27). The van der Waals surface area contributed by atoms with E-state index in [2.05, 4.69) is 15.3 Å². The number of aromatic nitrogens is 3. The van der Waals surface area contributed by atoms with Gasteiger partial charge >= 0.3 is 0 Å². The first-order valence-electron chi connectivity index (χ1n) is 8.75. The maximum absolute atomic E-state index is 12.4. The number of amides is 1. The number of carbonyl (C=O) groups excluding carboxylic acids is 1. The first-order valence-corrected chi connectivity index (χ1v) is 8.75. The molecule has 0 bridgehead atoms. The van der Waals surface area contributed by atoms with E-state index in [9.17, 15) is 4.79 Å². The van der Waals surface area contributed by atoms with Crippen molar-refractivity contribution in [2.75, 3.05) is 12.4 Å². The molecule has 0 aliphatic heterocycles. The number of carbonyl (C=O) groups is 1. The van der Waals surface area contributed by atoms with Crippen molar-refractivity contribution in [3.8, 4) is 17.0 Å². The van der Waals surface area contributed by atoms with Crippen molar-refractivity contribution >= 4 is 23.4 Å². The van der Waals surface area contributed by atoms with Crippen LogP contribution in [0.5, 0.6) is 5.75 Å². The van der Waals surface area contributed by atoms with Crippen LogP contribution in [0.15, 0.2) is 79.3 Å². The molecule has 6 heteroatoms. The smallest absolute Gasteiger partial charge is 0.248 e. The summed E-state index contributed by atoms with van der Waals surface area (Å²) >= 11 is 0. The Kier molecular flexibility index (Phi) is 4.84. The number of imidazole rings is 1. The Labute approximate surface area is 162 Å². The normalized spacial score (nSPS) is 11.0. The summed E-state index contributed by atoms with van der Waals surface area (Å²) in [4.78, 5) is 21.1. The molecule has 2 aromatic carbocycles. The zero-order valence-corrected chi connectivity index (χ0v) is 15.2. The molecule has 4 aromatic rings. The minimum atomic E-state index is -0.240. The molecule has 0 saturated heterocycles. The summed E-state index contributed by atoms with van der Waals surface area (Å²) in [6, 6.07) is 17.0. The highest BCUT2D eigenvalue weighted by atomic mass is 16.5. The lowest BCUT2D eigenvalue weighted by molar-refractivity contribution is -0.111. The molecule has 0 spiro atoms. The van der Waals surface area contributed by atoms with E-state index in [1.54, 1.807) is 19.4 Å². The zero-order chi connectivity index (χ0) is 19.3. The topological polar surface area (TPSA) is 68.5 Å². The molecule has 1 amide bonds. The highest BCUT2D eigenvalue weighted by Gasteiger charge is 2.11. The number of nitrogens with zero attached hydrogens (tertiary/aromatic N) is 3. The fraction of sp³-hybridized carbons (Fsp3) is 0.0455. The van der Waals surface area contributed by atoms with Crippen molar-refractivity contribution in [2.45, 2.75) is 0 Å². The second-order valence-electron chi connectivity index (χ2n) is 6.10. The maximum atomic E-state index is 12.4. The molecule has 138 valence electrons. The Morgan fingerprint density at radius 1 is 1.14 bits per heavy atom. The average molecular weight is 370 g/mol. The summed E-state index contributed by atoms with van der Waals surface area (Å²) in [6.07, 6.45) is 8.74. The maximum Gasteiger partial charge on any atom is 0.248 e. The van der Waals surface area contributed by atoms with E-state index in [0.29, 0.717) is 17.2 Å². The molecule has 0 saturated carbocycles. The molecule has 0 aliphatic rings. The quantitative estimate of drug-likeness (QED) is 0.538. The fourth-order valence-electron chi connectivity index (χ4n) is 2.84. The molecule has 0 radical (unpaired) electrons. The Balaban J connectivity index is 1.60. The van der Waals surface area contributed by atoms with Crippen LogP contribution in [0.3, 0.4) is 0 Å². The first-order chi connectivity index (χ1) is 13.7. The minimum absolute atomic E-state index is 0.240. The van der Waals surface area contributed by atoms with Crippen molar-refractivity contribution in [1.29, 1.82) is 0 Å². The highest BCUT2D eigenvalue weighted by Crippen LogP contribution is 2.30. The van der Waals surface area contributed by atoms with Crippen LogP contribution in [0.4, 0.5) is 5.69 Å². The van der Waals surface area contributed by atoms with Gasteiger partial charge in [0.1, 0.15) is 5.75 Å². The Hall–Kier alpha value is -3.93. The number of anilines is 1. The summed E-state index contributed by atoms with van der Waals surface area (Å²) in [6.45, 7) is 0. The number of methoxy groups -OCH3 is 1. The Morgan fingerprint density at radius 3 is 2.79 bits per heavy atom. The number of benzene rings is 2. The van der Waals surface area contributed by atoms with Crippen LogP contribution in [0.2, 0.25) is 0 Å². The summed E-state index contributed by atoms with van der Waals surface area (Å²) in [5.41, 5.74) is 3.15. The van der Waals surface area contributed by atoms with Gasteiger partial charge in [0.25, 0.3) is 0 Å². The van der Waals surface area contributed by atoms with Gasteiger partial charge in [0.05, 0.1) is 18.5 Å². The van der Waals surface area contributed by atoms with Crippen LogP contribution in [0.25, 0.3) is 23.1 Å². The van der Waals surface area contributed by atoms with Crippen molar-refractivity contribution in [3.05, 3.63) is 84.8 Å². The average Bonchev–Trinajstić information content (AvgIpc) is 3.17. The third-order valence-electron chi connectivity index (χ3n) is 4.22. The van der Waals surface area contributed by atoms with E-state index in [0.717, 1.165) is 16.8 Å². The van der Waals surface area contributed by atoms with Crippen molar-refractivity contribution in [1.82, 2.24) is 14.4 Å². The van der Waals surface area contributed by atoms with Gasteiger partial charge in [-0.1, -0.05) is 30.3 Å². The fourth-order valence-corrected chi connectivity index (χ4v) is 2.84. The molecule has 0 atom stereocenters. The van der Waals surface area contributed by atoms with E-state index >= 15 is 0 Å². The Morgan fingerprint density at radius 2 is 2.00 bits per heavy atom. The number of hydrogen-bond acceptors (Lipinski definition) is 4. The molecular weight excluding hydrogens is 352 g/mol. The molecule has 0 aliphatic carbocycles. The first kappa shape index (κ1) is 17.5. The van der Waals surface area contributed by atoms with Gasteiger partial charge in [0, 0.05) is 30.2 Å². The molecule has 1 N–H and O–H groups in total. The summed E-state index contributed by atoms with van der Waals surface area (Å²) in [7, 11) is 1.57. The lowest BCUT2D eigenvalue weighted by Crippen LogP contribution is -2.09. The van der Waals surface area contributed by atoms with Crippen molar-refractivity contribution in [2.24, 2.45) is 0 Å². The second kappa shape index (κ2) is 7.75. The minimum Gasteiger partial charge on any atom is -0.495 e. The predicted octanol–water partition coefficient (Wildman–Crippen LogP) is 4.06. The van der Waals surface area contributed by atoms with Crippen LogP contribution < -0.4 is 10.1 Å². The third kappa shape index (κ3) is 3.76. The summed E-state index contributed by atoms with van der Waals surface area (Å²) in [5.74, 6) is 0.952. The van der Waals surface area contributed by atoms with Crippen molar-refractivity contribution < 1.29 is 9.53 Å². The highest BCUT2D eigenvalue weighted by molar-refractivity contribution is 6.03. The van der Waals surface area contributed by atoms with Gasteiger partial charge in [-0.3, -0.25) is 9.20 Å². The molecule has 2 aromatic heterocycles. The molecule has 0 unspecified atom stereocenters. The van der Waals surface area contributed by atoms with Gasteiger partial charge in [0.2, 0.25) is 11.7 Å². The van der Waals surface area contributed by atoms with Crippen LogP contribution in [0, 0.1) is 0 Å². The number of ether oxygens (including phenoxy) is 1. The van der Waals surface area contributed by atoms with Crippen LogP contribution in [0.1, 0.15) is 5.56 Å². The number of nitrogens with one attached hydrogen (secondary N) is 1. The molecule has 2 heterocycles. The van der Waals surface area contributed by atoms with Crippen LogP contribution in [-0.2, 0) is 4.79 Å². The number of fused-ring (bicyclic) bond motifs is 1. The largest absolute Gasteiger partial charge is 0.495 e. The second-order valence-corrected chi connectivity index (χ2v) is 6.10. The Bertz CT molecular complexity index is 1120. The van der Waals surface area contributed by atoms with Crippen LogP contribution >= 0.6 is 0 Å². The summed E-state index contributed by atoms with van der Waals surface area (Å²) in [5, 5.41) is 2.87. The zero-order valence-electron chi connectivity index (χ0n) is 15.2. The van der Waals surface area contributed by atoms with Crippen molar-refractivity contribution in [3.63, 3.8) is 0 Å². The molecular formula is C22H18N4O2. The lowest BCUT2D eigenvalue weighted by Gasteiger charge is -2.10. The number of hydrogen-bond donors (Lipinski definition) is 1. The molecule has 28 heavy (non-hydrogen) atoms. The van der Waals surface area contributed by atoms with E-state index < -0.39 is 0 Å². The van der Waals surface area contributed by atoms with Gasteiger partial charge < -0.3 is 10.1 Å². The third-order valence-corrected chi connectivity index (χ3v) is 4.22. The van der Waals surface area contributed by atoms with Gasteiger partial charge in [-0.25, -0.2) is 9.97 Å². The van der Waals surface area contributed by atoms with E-state index in [4.69, 9.17) is 4.74 Å². The van der Waals surface area contributed by atoms with Gasteiger partial charge in [-0.15, -0.1) is 0 Å². The van der Waals surface area contributed by atoms with Gasteiger partial charge in [0.15, 0.2) is 0 Å². The van der Waals surface area contributed by atoms with E-state index in [-0.39, 0.29) is 5.91 Å². The van der Waals surface area contributed by atoms with Gasteiger partial charge in [-0.2, -0.15) is 0 Å². The molecule has 4 rings (SSSR count). The van der Waals surface area contributed by atoms with E-state index in [1.807, 2.05) is 71.4 Å².